The predicted octanol–water partition coefficient (Wildman–Crippen LogP) is 3.41. The Balaban J connectivity index is 1.95. The zero-order chi connectivity index (χ0) is 14.8. The number of rotatable bonds is 4. The molecule has 3 heterocycles. The molecule has 3 aromatic heterocycles. The molecule has 0 saturated heterocycles. The first-order valence-electron chi connectivity index (χ1n) is 6.84. The van der Waals surface area contributed by atoms with E-state index in [-0.39, 0.29) is 0 Å². The van der Waals surface area contributed by atoms with Gasteiger partial charge in [0.25, 0.3) is 0 Å². The zero-order valence-electron chi connectivity index (χ0n) is 12.1. The van der Waals surface area contributed by atoms with E-state index in [1.54, 1.807) is 0 Å². The first-order valence-corrected chi connectivity index (χ1v) is 7.38. The molecule has 0 aliphatic carbocycles. The summed E-state index contributed by atoms with van der Waals surface area (Å²) in [5.74, 6) is 1.33. The fraction of sp³-hybridized carbons (Fsp3) is 0.250. The largest absolute Gasteiger partial charge is 0.352 e. The highest BCUT2D eigenvalue weighted by Gasteiger charge is 2.15. The number of imidazole rings is 1. The molecule has 0 N–H and O–H groups in total. The van der Waals surface area contributed by atoms with E-state index in [0.717, 1.165) is 28.5 Å². The summed E-state index contributed by atoms with van der Waals surface area (Å²) < 4.78 is 2.03. The van der Waals surface area contributed by atoms with Gasteiger partial charge in [0, 0.05) is 18.9 Å². The Kier molecular flexibility index (Phi) is 3.80. The maximum absolute atomic E-state index is 6.12. The lowest BCUT2D eigenvalue weighted by molar-refractivity contribution is 0.857. The summed E-state index contributed by atoms with van der Waals surface area (Å²) in [6.45, 7) is 2.70. The van der Waals surface area contributed by atoms with E-state index in [1.807, 2.05) is 61.0 Å². The Morgan fingerprint density at radius 3 is 2.76 bits per heavy atom. The fourth-order valence-electron chi connectivity index (χ4n) is 2.47. The average molecular weight is 301 g/mol. The van der Waals surface area contributed by atoms with Crippen molar-refractivity contribution < 1.29 is 0 Å². The molecule has 0 saturated carbocycles. The van der Waals surface area contributed by atoms with Crippen molar-refractivity contribution in [1.29, 1.82) is 0 Å². The highest BCUT2D eigenvalue weighted by Crippen LogP contribution is 2.23. The van der Waals surface area contributed by atoms with Crippen LogP contribution >= 0.6 is 11.6 Å². The van der Waals surface area contributed by atoms with Crippen molar-refractivity contribution in [3.05, 3.63) is 59.7 Å². The van der Waals surface area contributed by atoms with Crippen molar-refractivity contribution in [3.63, 3.8) is 0 Å². The van der Waals surface area contributed by atoms with Crippen LogP contribution in [-0.2, 0) is 12.4 Å². The molecule has 0 spiro atoms. The van der Waals surface area contributed by atoms with Crippen LogP contribution in [0.5, 0.6) is 0 Å². The monoisotopic (exact) mass is 300 g/mol. The highest BCUT2D eigenvalue weighted by atomic mass is 35.5. The minimum absolute atomic E-state index is 0.423. The third-order valence-corrected chi connectivity index (χ3v) is 3.69. The molecule has 0 amide bonds. The number of alkyl halides is 1. The maximum Gasteiger partial charge on any atom is 0.152 e. The first-order chi connectivity index (χ1) is 10.2. The van der Waals surface area contributed by atoms with Crippen molar-refractivity contribution in [2.75, 3.05) is 11.9 Å². The first kappa shape index (κ1) is 13.9. The number of nitrogens with zero attached hydrogens (tertiary/aromatic N) is 4. The van der Waals surface area contributed by atoms with Gasteiger partial charge in [-0.05, 0) is 31.2 Å². The molecule has 0 bridgehead atoms. The molecule has 0 atom stereocenters. The van der Waals surface area contributed by atoms with Gasteiger partial charge in [-0.25, -0.2) is 4.98 Å². The predicted molar refractivity (Wildman–Crippen MR) is 85.8 cm³/mol. The van der Waals surface area contributed by atoms with Crippen molar-refractivity contribution in [1.82, 2.24) is 14.4 Å². The molecule has 5 heteroatoms. The summed E-state index contributed by atoms with van der Waals surface area (Å²) in [5, 5.41) is 0. The Morgan fingerprint density at radius 2 is 2.00 bits per heavy atom. The lowest BCUT2D eigenvalue weighted by Gasteiger charge is -2.17. The Morgan fingerprint density at radius 1 is 1.14 bits per heavy atom. The molecule has 0 aliphatic heterocycles. The van der Waals surface area contributed by atoms with Crippen molar-refractivity contribution >= 4 is 23.1 Å². The molecule has 0 aromatic carbocycles. The van der Waals surface area contributed by atoms with Gasteiger partial charge < -0.3 is 9.30 Å². The van der Waals surface area contributed by atoms with E-state index >= 15 is 0 Å². The van der Waals surface area contributed by atoms with Gasteiger partial charge in [0.2, 0.25) is 0 Å². The van der Waals surface area contributed by atoms with Crippen LogP contribution in [0.25, 0.3) is 5.65 Å². The van der Waals surface area contributed by atoms with Crippen LogP contribution < -0.4 is 4.90 Å². The average Bonchev–Trinajstić information content (AvgIpc) is 2.86. The normalized spacial score (nSPS) is 11.0. The number of pyridine rings is 2. The van der Waals surface area contributed by atoms with Crippen LogP contribution in [0.3, 0.4) is 0 Å². The summed E-state index contributed by atoms with van der Waals surface area (Å²) in [6, 6.07) is 12.0. The van der Waals surface area contributed by atoms with E-state index < -0.39 is 0 Å². The molecule has 3 rings (SSSR count). The zero-order valence-corrected chi connectivity index (χ0v) is 12.9. The standard InChI is InChI=1S/C16H17ClN4/c1-12-6-5-7-13(18-12)11-20(2)16-14(10-17)21-9-4-3-8-15(21)19-16/h3-9H,10-11H2,1-2H3. The van der Waals surface area contributed by atoms with Crippen LogP contribution in [0.1, 0.15) is 17.1 Å². The van der Waals surface area contributed by atoms with Gasteiger partial charge in [0.1, 0.15) is 5.65 Å². The minimum atomic E-state index is 0.423. The van der Waals surface area contributed by atoms with Crippen molar-refractivity contribution in [2.45, 2.75) is 19.3 Å². The summed E-state index contributed by atoms with van der Waals surface area (Å²) >= 11 is 6.12. The fourth-order valence-corrected chi connectivity index (χ4v) is 2.72. The Bertz CT molecular complexity index is 766. The molecular formula is C16H17ClN4. The lowest BCUT2D eigenvalue weighted by atomic mass is 10.3. The van der Waals surface area contributed by atoms with Crippen LogP contribution in [-0.4, -0.2) is 21.4 Å². The van der Waals surface area contributed by atoms with Crippen LogP contribution in [0, 0.1) is 6.92 Å². The van der Waals surface area contributed by atoms with Crippen molar-refractivity contribution in [2.24, 2.45) is 0 Å². The second-order valence-electron chi connectivity index (χ2n) is 5.07. The maximum atomic E-state index is 6.12. The number of hydrogen-bond donors (Lipinski definition) is 0. The van der Waals surface area contributed by atoms with E-state index in [1.165, 1.54) is 0 Å². The quantitative estimate of drug-likeness (QED) is 0.692. The summed E-state index contributed by atoms with van der Waals surface area (Å²) in [5.41, 5.74) is 3.96. The van der Waals surface area contributed by atoms with Gasteiger partial charge in [0.15, 0.2) is 5.82 Å². The molecule has 21 heavy (non-hydrogen) atoms. The van der Waals surface area contributed by atoms with Gasteiger partial charge >= 0.3 is 0 Å². The second kappa shape index (κ2) is 5.74. The lowest BCUT2D eigenvalue weighted by Crippen LogP contribution is -2.19. The van der Waals surface area contributed by atoms with E-state index in [9.17, 15) is 0 Å². The summed E-state index contributed by atoms with van der Waals surface area (Å²) in [4.78, 5) is 11.3. The molecule has 4 nitrogen and oxygen atoms in total. The number of fused-ring (bicyclic) bond motifs is 1. The minimum Gasteiger partial charge on any atom is -0.352 e. The van der Waals surface area contributed by atoms with Crippen LogP contribution in [0.2, 0.25) is 0 Å². The van der Waals surface area contributed by atoms with Gasteiger partial charge in [-0.3, -0.25) is 4.98 Å². The number of aromatic nitrogens is 3. The Hall–Kier alpha value is -2.07. The molecule has 0 fully saturated rings. The number of anilines is 1. The molecular weight excluding hydrogens is 284 g/mol. The second-order valence-corrected chi connectivity index (χ2v) is 5.34. The Labute approximate surface area is 129 Å². The van der Waals surface area contributed by atoms with Crippen molar-refractivity contribution in [3.8, 4) is 0 Å². The smallest absolute Gasteiger partial charge is 0.152 e. The highest BCUT2D eigenvalue weighted by molar-refractivity contribution is 6.17. The van der Waals surface area contributed by atoms with Crippen LogP contribution in [0.15, 0.2) is 42.6 Å². The van der Waals surface area contributed by atoms with Crippen LogP contribution in [0.4, 0.5) is 5.82 Å². The number of aryl methyl sites for hydroxylation is 1. The third kappa shape index (κ3) is 2.72. The molecule has 0 aliphatic rings. The van der Waals surface area contributed by atoms with E-state index in [0.29, 0.717) is 12.4 Å². The SMILES string of the molecule is Cc1cccc(CN(C)c2nc3ccccn3c2CCl)n1. The van der Waals surface area contributed by atoms with Gasteiger partial charge in [-0.2, -0.15) is 0 Å². The van der Waals surface area contributed by atoms with Gasteiger partial charge in [-0.1, -0.05) is 12.1 Å². The third-order valence-electron chi connectivity index (χ3n) is 3.44. The summed E-state index contributed by atoms with van der Waals surface area (Å²) in [7, 11) is 2.02. The molecule has 108 valence electrons. The summed E-state index contributed by atoms with van der Waals surface area (Å²) in [6.07, 6.45) is 1.99. The van der Waals surface area contributed by atoms with Gasteiger partial charge in [0.05, 0.1) is 23.8 Å². The molecule has 0 radical (unpaired) electrons. The molecule has 0 unspecified atom stereocenters. The number of hydrogen-bond acceptors (Lipinski definition) is 3. The van der Waals surface area contributed by atoms with E-state index in [4.69, 9.17) is 11.6 Å². The van der Waals surface area contributed by atoms with Gasteiger partial charge in [-0.15, -0.1) is 11.6 Å². The van der Waals surface area contributed by atoms with E-state index in [2.05, 4.69) is 14.9 Å². The molecule has 3 aromatic rings. The topological polar surface area (TPSA) is 33.4 Å². The number of halogens is 1.